The molecule has 4 nitrogen and oxygen atoms in total. The molecule has 0 saturated heterocycles. The lowest BCUT2D eigenvalue weighted by Crippen LogP contribution is -1.92. The highest BCUT2D eigenvalue weighted by Gasteiger charge is 1.96. The van der Waals surface area contributed by atoms with Crippen molar-refractivity contribution in [2.75, 3.05) is 40.6 Å². The molecule has 30 heavy (non-hydrogen) atoms. The number of ether oxygens (including phenoxy) is 4. The fraction of sp³-hybridized carbons (Fsp3) is 0.231. The van der Waals surface area contributed by atoms with Crippen LogP contribution in [0.3, 0.4) is 0 Å². The number of benzene rings is 2. The van der Waals surface area contributed by atoms with E-state index in [-0.39, 0.29) is 26.4 Å². The molecule has 0 unspecified atom stereocenters. The second-order valence-corrected chi connectivity index (χ2v) is 5.59. The fourth-order valence-electron chi connectivity index (χ4n) is 2.23. The quantitative estimate of drug-likeness (QED) is 0.553. The van der Waals surface area contributed by atoms with Gasteiger partial charge in [0.25, 0.3) is 0 Å². The van der Waals surface area contributed by atoms with Crippen molar-refractivity contribution in [1.82, 2.24) is 0 Å². The fourth-order valence-corrected chi connectivity index (χ4v) is 2.23. The minimum atomic E-state index is 0.264. The Kier molecular flexibility index (Phi) is 10.7. The van der Waals surface area contributed by atoms with E-state index in [9.17, 15) is 0 Å². The van der Waals surface area contributed by atoms with Crippen LogP contribution in [0.1, 0.15) is 11.1 Å². The Balaban J connectivity index is 1.61. The van der Waals surface area contributed by atoms with Gasteiger partial charge in [-0.2, -0.15) is 0 Å². The molecule has 0 amide bonds. The summed E-state index contributed by atoms with van der Waals surface area (Å²) in [5.41, 5.74) is 1.65. The van der Waals surface area contributed by atoms with Crippen molar-refractivity contribution < 1.29 is 18.9 Å². The van der Waals surface area contributed by atoms with Crippen LogP contribution in [0.4, 0.5) is 0 Å². The first-order valence-corrected chi connectivity index (χ1v) is 9.20. The maximum Gasteiger partial charge on any atom is 0.134 e. The highest BCUT2D eigenvalue weighted by atomic mass is 16.5. The first-order chi connectivity index (χ1) is 14.8. The first kappa shape index (κ1) is 22.5. The summed E-state index contributed by atoms with van der Waals surface area (Å²) < 4.78 is 21.1. The van der Waals surface area contributed by atoms with Gasteiger partial charge in [-0.1, -0.05) is 59.8 Å². The number of rotatable bonds is 6. The van der Waals surface area contributed by atoms with E-state index in [4.69, 9.17) is 18.9 Å². The molecule has 2 rings (SSSR count). The lowest BCUT2D eigenvalue weighted by Gasteiger charge is -2.00. The Morgan fingerprint density at radius 1 is 0.567 bits per heavy atom. The lowest BCUT2D eigenvalue weighted by molar-refractivity contribution is 0.204. The summed E-state index contributed by atoms with van der Waals surface area (Å²) in [6.07, 6.45) is 0. The lowest BCUT2D eigenvalue weighted by atomic mass is 10.2. The van der Waals surface area contributed by atoms with Gasteiger partial charge in [0.1, 0.15) is 37.9 Å². The zero-order valence-electron chi connectivity index (χ0n) is 17.1. The third kappa shape index (κ3) is 8.48. The predicted octanol–water partition coefficient (Wildman–Crippen LogP) is 3.15. The largest absolute Gasteiger partial charge is 0.495 e. The van der Waals surface area contributed by atoms with Crippen molar-refractivity contribution in [2.24, 2.45) is 0 Å². The second-order valence-electron chi connectivity index (χ2n) is 5.59. The Bertz CT molecular complexity index is 969. The Labute approximate surface area is 178 Å². The first-order valence-electron chi connectivity index (χ1n) is 9.20. The van der Waals surface area contributed by atoms with E-state index in [0.29, 0.717) is 0 Å². The van der Waals surface area contributed by atoms with Gasteiger partial charge in [0.05, 0.1) is 25.3 Å². The maximum atomic E-state index is 5.33. The van der Waals surface area contributed by atoms with Gasteiger partial charge in [-0.3, -0.25) is 0 Å². The van der Waals surface area contributed by atoms with Crippen molar-refractivity contribution >= 4 is 0 Å². The molecule has 0 radical (unpaired) electrons. The van der Waals surface area contributed by atoms with Gasteiger partial charge in [-0.25, -0.2) is 0 Å². The molecule has 0 N–H and O–H groups in total. The van der Waals surface area contributed by atoms with Crippen molar-refractivity contribution in [3.63, 3.8) is 0 Å². The van der Waals surface area contributed by atoms with Crippen LogP contribution in [0, 0.1) is 47.4 Å². The van der Waals surface area contributed by atoms with E-state index in [0.717, 1.165) is 22.6 Å². The van der Waals surface area contributed by atoms with Gasteiger partial charge >= 0.3 is 0 Å². The number of hydrogen-bond donors (Lipinski definition) is 0. The van der Waals surface area contributed by atoms with E-state index in [2.05, 4.69) is 47.4 Å². The number of para-hydroxylation sites is 2. The average molecular weight is 398 g/mol. The molecule has 0 bridgehead atoms. The molecule has 0 aliphatic carbocycles. The van der Waals surface area contributed by atoms with E-state index >= 15 is 0 Å². The molecule has 0 heterocycles. The zero-order chi connectivity index (χ0) is 21.3. The summed E-state index contributed by atoms with van der Waals surface area (Å²) in [7, 11) is 3.24. The van der Waals surface area contributed by atoms with E-state index < -0.39 is 0 Å². The van der Waals surface area contributed by atoms with E-state index in [1.54, 1.807) is 14.2 Å². The van der Waals surface area contributed by atoms with Crippen LogP contribution in [0.2, 0.25) is 0 Å². The molecule has 0 atom stereocenters. The van der Waals surface area contributed by atoms with Gasteiger partial charge in [-0.15, -0.1) is 0 Å². The van der Waals surface area contributed by atoms with Gasteiger partial charge in [-0.05, 0) is 36.1 Å². The van der Waals surface area contributed by atoms with Gasteiger partial charge < -0.3 is 18.9 Å². The molecule has 2 aromatic carbocycles. The summed E-state index contributed by atoms with van der Waals surface area (Å²) >= 11 is 0. The third-order valence-electron chi connectivity index (χ3n) is 3.60. The normalized spacial score (nSPS) is 8.73. The van der Waals surface area contributed by atoms with Crippen molar-refractivity contribution in [3.8, 4) is 58.9 Å². The van der Waals surface area contributed by atoms with Gasteiger partial charge in [0.15, 0.2) is 0 Å². The maximum absolute atomic E-state index is 5.33. The summed E-state index contributed by atoms with van der Waals surface area (Å²) in [4.78, 5) is 0. The topological polar surface area (TPSA) is 36.9 Å². The molecule has 0 fully saturated rings. The molecule has 4 heteroatoms. The van der Waals surface area contributed by atoms with Crippen molar-refractivity contribution in [1.29, 1.82) is 0 Å². The van der Waals surface area contributed by atoms with Crippen molar-refractivity contribution in [3.05, 3.63) is 59.7 Å². The molecular formula is C26H22O4. The molecule has 0 aliphatic heterocycles. The summed E-state index contributed by atoms with van der Waals surface area (Å²) in [6.45, 7) is 1.10. The molecule has 0 saturated carbocycles. The van der Waals surface area contributed by atoms with Crippen LogP contribution in [-0.2, 0) is 9.47 Å². The van der Waals surface area contributed by atoms with Gasteiger partial charge in [0, 0.05) is 0 Å². The van der Waals surface area contributed by atoms with Gasteiger partial charge in [0.2, 0.25) is 0 Å². The Morgan fingerprint density at radius 3 is 1.40 bits per heavy atom. The molecule has 2 aromatic rings. The summed E-state index contributed by atoms with van der Waals surface area (Å²) in [5.74, 6) is 24.4. The average Bonchev–Trinajstić information content (AvgIpc) is 2.79. The predicted molar refractivity (Wildman–Crippen MR) is 117 cm³/mol. The summed E-state index contributed by atoms with van der Waals surface area (Å²) in [5, 5.41) is 0. The molecule has 0 spiro atoms. The van der Waals surface area contributed by atoms with Crippen LogP contribution >= 0.6 is 0 Å². The van der Waals surface area contributed by atoms with Crippen LogP contribution in [0.15, 0.2) is 48.5 Å². The van der Waals surface area contributed by atoms with Crippen LogP contribution in [0.5, 0.6) is 11.5 Å². The standard InChI is InChI=1S/C26H22O4/c1-27-25-17-7-5-13-23(25)15-11-21-29-19-9-3-4-10-20-30-22-12-16-24-14-6-8-18-26(24)28-2/h5-8,13-14,17-18H,19-22H2,1-2H3. The smallest absolute Gasteiger partial charge is 0.134 e. The van der Waals surface area contributed by atoms with Crippen LogP contribution in [-0.4, -0.2) is 40.6 Å². The highest BCUT2D eigenvalue weighted by molar-refractivity contribution is 5.46. The number of methoxy groups -OCH3 is 2. The van der Waals surface area contributed by atoms with Crippen LogP contribution in [0.25, 0.3) is 0 Å². The third-order valence-corrected chi connectivity index (χ3v) is 3.60. The van der Waals surface area contributed by atoms with E-state index in [1.807, 2.05) is 48.5 Å². The Hall–Kier alpha value is -3.80. The molecule has 0 aliphatic rings. The highest BCUT2D eigenvalue weighted by Crippen LogP contribution is 2.16. The minimum absolute atomic E-state index is 0.264. The van der Waals surface area contributed by atoms with Crippen molar-refractivity contribution in [2.45, 2.75) is 0 Å². The molecule has 0 aromatic heterocycles. The minimum Gasteiger partial charge on any atom is -0.495 e. The summed E-state index contributed by atoms with van der Waals surface area (Å²) in [6, 6.07) is 15.1. The SMILES string of the molecule is COc1ccccc1C#CCOCC#CC#CCOCC#Cc1ccccc1OC. The number of hydrogen-bond acceptors (Lipinski definition) is 4. The van der Waals surface area contributed by atoms with E-state index in [1.165, 1.54) is 0 Å². The van der Waals surface area contributed by atoms with Crippen LogP contribution < -0.4 is 9.47 Å². The monoisotopic (exact) mass is 398 g/mol. The second kappa shape index (κ2) is 14.2. The molecular weight excluding hydrogens is 376 g/mol. The zero-order valence-corrected chi connectivity index (χ0v) is 17.1. The Morgan fingerprint density at radius 2 is 0.967 bits per heavy atom. The molecule has 150 valence electrons.